The molecule has 1 aromatic heterocycles. The van der Waals surface area contributed by atoms with Crippen LogP contribution >= 0.6 is 0 Å². The van der Waals surface area contributed by atoms with Crippen molar-refractivity contribution in [1.82, 2.24) is 5.32 Å². The van der Waals surface area contributed by atoms with E-state index in [4.69, 9.17) is 9.15 Å². The van der Waals surface area contributed by atoms with Gasteiger partial charge >= 0.3 is 0 Å². The summed E-state index contributed by atoms with van der Waals surface area (Å²) in [4.78, 5) is 0. The fourth-order valence-electron chi connectivity index (χ4n) is 2.29. The summed E-state index contributed by atoms with van der Waals surface area (Å²) in [6.07, 6.45) is 4.76. The first kappa shape index (κ1) is 11.7. The van der Waals surface area contributed by atoms with Crippen LogP contribution < -0.4 is 5.32 Å². The Balaban J connectivity index is 2.08. The third-order valence-electron chi connectivity index (χ3n) is 3.24. The highest BCUT2D eigenvalue weighted by Crippen LogP contribution is 2.27. The van der Waals surface area contributed by atoms with Crippen molar-refractivity contribution in [3.05, 3.63) is 23.7 Å². The molecule has 0 radical (unpaired) electrons. The van der Waals surface area contributed by atoms with Crippen molar-refractivity contribution in [1.29, 1.82) is 0 Å². The highest BCUT2D eigenvalue weighted by molar-refractivity contribution is 5.12. The van der Waals surface area contributed by atoms with E-state index in [-0.39, 0.29) is 12.1 Å². The second kappa shape index (κ2) is 5.51. The zero-order valence-electron chi connectivity index (χ0n) is 10.2. The van der Waals surface area contributed by atoms with Gasteiger partial charge in [0.05, 0.1) is 12.1 Å². The SMILES string of the molecule is CCc1ccc(C(NC)C2CCCCO2)o1. The summed E-state index contributed by atoms with van der Waals surface area (Å²) in [6, 6.07) is 4.32. The second-order valence-electron chi connectivity index (χ2n) is 4.33. The molecule has 90 valence electrons. The maximum Gasteiger partial charge on any atom is 0.123 e. The lowest BCUT2D eigenvalue weighted by Crippen LogP contribution is -2.33. The van der Waals surface area contributed by atoms with Gasteiger partial charge in [-0.1, -0.05) is 6.92 Å². The van der Waals surface area contributed by atoms with Crippen LogP contribution in [0.5, 0.6) is 0 Å². The van der Waals surface area contributed by atoms with Gasteiger partial charge in [-0.2, -0.15) is 0 Å². The highest BCUT2D eigenvalue weighted by Gasteiger charge is 2.26. The van der Waals surface area contributed by atoms with Crippen molar-refractivity contribution >= 4 is 0 Å². The Kier molecular flexibility index (Phi) is 4.02. The van der Waals surface area contributed by atoms with Crippen molar-refractivity contribution < 1.29 is 9.15 Å². The lowest BCUT2D eigenvalue weighted by Gasteiger charge is -2.29. The maximum absolute atomic E-state index is 5.81. The molecule has 0 spiro atoms. The minimum absolute atomic E-state index is 0.195. The van der Waals surface area contributed by atoms with Gasteiger partial charge in [0, 0.05) is 13.0 Å². The molecule has 1 N–H and O–H groups in total. The van der Waals surface area contributed by atoms with Crippen molar-refractivity contribution in [2.75, 3.05) is 13.7 Å². The Hall–Kier alpha value is -0.800. The molecule has 1 aromatic rings. The summed E-state index contributed by atoms with van der Waals surface area (Å²) >= 11 is 0. The quantitative estimate of drug-likeness (QED) is 0.852. The molecule has 0 bridgehead atoms. The van der Waals surface area contributed by atoms with Gasteiger partial charge in [-0.25, -0.2) is 0 Å². The van der Waals surface area contributed by atoms with Gasteiger partial charge in [0.2, 0.25) is 0 Å². The summed E-state index contributed by atoms with van der Waals surface area (Å²) < 4.78 is 11.6. The van der Waals surface area contributed by atoms with Crippen molar-refractivity contribution in [2.45, 2.75) is 44.8 Å². The number of likely N-dealkylation sites (N-methyl/N-ethyl adjacent to an activating group) is 1. The summed E-state index contributed by atoms with van der Waals surface area (Å²) in [6.45, 7) is 2.98. The van der Waals surface area contributed by atoms with Gasteiger partial charge in [-0.05, 0) is 38.4 Å². The van der Waals surface area contributed by atoms with E-state index >= 15 is 0 Å². The minimum atomic E-state index is 0.195. The topological polar surface area (TPSA) is 34.4 Å². The third kappa shape index (κ3) is 2.47. The van der Waals surface area contributed by atoms with E-state index < -0.39 is 0 Å². The number of rotatable bonds is 4. The first-order chi connectivity index (χ1) is 7.85. The standard InChI is InChI=1S/C13H21NO2/c1-3-10-7-8-12(16-10)13(14-2)11-6-4-5-9-15-11/h7-8,11,13-14H,3-6,9H2,1-2H3. The van der Waals surface area contributed by atoms with Gasteiger partial charge in [0.15, 0.2) is 0 Å². The summed E-state index contributed by atoms with van der Waals surface area (Å²) in [5.74, 6) is 2.05. The molecule has 1 aliphatic rings. The molecule has 1 saturated heterocycles. The van der Waals surface area contributed by atoms with Crippen LogP contribution in [0, 0.1) is 0 Å². The van der Waals surface area contributed by atoms with Gasteiger partial charge < -0.3 is 14.5 Å². The molecule has 0 aromatic carbocycles. The van der Waals surface area contributed by atoms with E-state index in [2.05, 4.69) is 24.4 Å². The van der Waals surface area contributed by atoms with Crippen LogP contribution in [0.2, 0.25) is 0 Å². The van der Waals surface area contributed by atoms with E-state index in [0.29, 0.717) is 0 Å². The normalized spacial score (nSPS) is 23.2. The Morgan fingerprint density at radius 2 is 2.31 bits per heavy atom. The Morgan fingerprint density at radius 3 is 2.88 bits per heavy atom. The van der Waals surface area contributed by atoms with E-state index in [1.165, 1.54) is 12.8 Å². The lowest BCUT2D eigenvalue weighted by atomic mass is 10.0. The Labute approximate surface area is 97.2 Å². The van der Waals surface area contributed by atoms with E-state index in [0.717, 1.165) is 31.0 Å². The Bertz CT molecular complexity index is 315. The number of furan rings is 1. The van der Waals surface area contributed by atoms with Crippen LogP contribution in [0.1, 0.15) is 43.7 Å². The number of aryl methyl sites for hydroxylation is 1. The van der Waals surface area contributed by atoms with E-state index in [1.807, 2.05) is 7.05 Å². The van der Waals surface area contributed by atoms with Crippen LogP contribution in [-0.4, -0.2) is 19.8 Å². The minimum Gasteiger partial charge on any atom is -0.464 e. The molecular formula is C13H21NO2. The van der Waals surface area contributed by atoms with E-state index in [1.54, 1.807) is 0 Å². The molecule has 2 atom stereocenters. The zero-order chi connectivity index (χ0) is 11.4. The third-order valence-corrected chi connectivity index (χ3v) is 3.24. The molecule has 2 heterocycles. The zero-order valence-corrected chi connectivity index (χ0v) is 10.2. The largest absolute Gasteiger partial charge is 0.464 e. The van der Waals surface area contributed by atoms with Crippen LogP contribution in [0.3, 0.4) is 0 Å². The smallest absolute Gasteiger partial charge is 0.123 e. The van der Waals surface area contributed by atoms with Crippen molar-refractivity contribution in [2.24, 2.45) is 0 Å². The molecule has 0 amide bonds. The van der Waals surface area contributed by atoms with Gasteiger partial charge in [0.25, 0.3) is 0 Å². The predicted molar refractivity (Wildman–Crippen MR) is 63.5 cm³/mol. The molecule has 3 nitrogen and oxygen atoms in total. The average Bonchev–Trinajstić information content (AvgIpc) is 2.80. The van der Waals surface area contributed by atoms with Gasteiger partial charge in [-0.3, -0.25) is 0 Å². The monoisotopic (exact) mass is 223 g/mol. The fraction of sp³-hybridized carbons (Fsp3) is 0.692. The lowest BCUT2D eigenvalue weighted by molar-refractivity contribution is -0.0111. The van der Waals surface area contributed by atoms with Crippen LogP contribution in [0.15, 0.2) is 16.5 Å². The fourth-order valence-corrected chi connectivity index (χ4v) is 2.29. The second-order valence-corrected chi connectivity index (χ2v) is 4.33. The molecule has 0 aliphatic carbocycles. The summed E-state index contributed by atoms with van der Waals surface area (Å²) in [5, 5.41) is 3.31. The summed E-state index contributed by atoms with van der Waals surface area (Å²) in [5.41, 5.74) is 0. The number of hydrogen-bond donors (Lipinski definition) is 1. The molecule has 16 heavy (non-hydrogen) atoms. The van der Waals surface area contributed by atoms with Crippen molar-refractivity contribution in [3.63, 3.8) is 0 Å². The molecule has 1 aliphatic heterocycles. The van der Waals surface area contributed by atoms with Gasteiger partial charge in [-0.15, -0.1) is 0 Å². The van der Waals surface area contributed by atoms with Gasteiger partial charge in [0.1, 0.15) is 11.5 Å². The molecule has 1 fully saturated rings. The number of nitrogens with one attached hydrogen (secondary N) is 1. The molecule has 3 heteroatoms. The maximum atomic E-state index is 5.81. The number of ether oxygens (including phenoxy) is 1. The average molecular weight is 223 g/mol. The van der Waals surface area contributed by atoms with Crippen LogP contribution in [0.25, 0.3) is 0 Å². The number of hydrogen-bond acceptors (Lipinski definition) is 3. The molecule has 2 unspecified atom stereocenters. The van der Waals surface area contributed by atoms with E-state index in [9.17, 15) is 0 Å². The Morgan fingerprint density at radius 1 is 1.44 bits per heavy atom. The first-order valence-corrected chi connectivity index (χ1v) is 6.22. The molecule has 0 saturated carbocycles. The van der Waals surface area contributed by atoms with Crippen LogP contribution in [0.4, 0.5) is 0 Å². The predicted octanol–water partition coefficient (Wildman–Crippen LogP) is 2.67. The van der Waals surface area contributed by atoms with Crippen molar-refractivity contribution in [3.8, 4) is 0 Å². The highest BCUT2D eigenvalue weighted by atomic mass is 16.5. The van der Waals surface area contributed by atoms with Crippen LogP contribution in [-0.2, 0) is 11.2 Å². The first-order valence-electron chi connectivity index (χ1n) is 6.22. The summed E-state index contributed by atoms with van der Waals surface area (Å²) in [7, 11) is 1.97. The molecular weight excluding hydrogens is 202 g/mol. The molecule has 2 rings (SSSR count).